The van der Waals surface area contributed by atoms with E-state index in [1.807, 2.05) is 6.92 Å². The van der Waals surface area contributed by atoms with Crippen molar-refractivity contribution in [3.63, 3.8) is 0 Å². The van der Waals surface area contributed by atoms with Gasteiger partial charge in [0.25, 0.3) is 0 Å². The molecule has 0 bridgehead atoms. The smallest absolute Gasteiger partial charge is 0.102 e. The SMILES string of the molecule is CCS(=O)CCCC=C(Cl)Cl. The third-order valence-electron chi connectivity index (χ3n) is 1.20. The summed E-state index contributed by atoms with van der Waals surface area (Å²) in [6, 6.07) is 0. The molecule has 0 rings (SSSR count). The van der Waals surface area contributed by atoms with E-state index in [4.69, 9.17) is 23.2 Å². The van der Waals surface area contributed by atoms with Gasteiger partial charge in [0.2, 0.25) is 0 Å². The molecule has 0 aliphatic carbocycles. The Kier molecular flexibility index (Phi) is 7.44. The van der Waals surface area contributed by atoms with Gasteiger partial charge in [-0.1, -0.05) is 36.2 Å². The fourth-order valence-electron chi connectivity index (χ4n) is 0.600. The lowest BCUT2D eigenvalue weighted by Crippen LogP contribution is -1.98. The summed E-state index contributed by atoms with van der Waals surface area (Å²) < 4.78 is 11.2. The number of allylic oxidation sites excluding steroid dienone is 1. The Hall–Kier alpha value is 0.470. The summed E-state index contributed by atoms with van der Waals surface area (Å²) in [5, 5.41) is 0. The van der Waals surface area contributed by atoms with Gasteiger partial charge in [-0.3, -0.25) is 4.21 Å². The summed E-state index contributed by atoms with van der Waals surface area (Å²) in [5.41, 5.74) is 0. The number of unbranched alkanes of at least 4 members (excludes halogenated alkanes) is 1. The highest BCUT2D eigenvalue weighted by atomic mass is 35.5. The lowest BCUT2D eigenvalue weighted by Gasteiger charge is -1.94. The molecule has 0 heterocycles. The van der Waals surface area contributed by atoms with E-state index >= 15 is 0 Å². The molecule has 4 heteroatoms. The van der Waals surface area contributed by atoms with E-state index in [0.29, 0.717) is 4.49 Å². The maximum Gasteiger partial charge on any atom is 0.102 e. The maximum absolute atomic E-state index is 10.9. The molecule has 11 heavy (non-hydrogen) atoms. The van der Waals surface area contributed by atoms with E-state index in [1.54, 1.807) is 6.08 Å². The van der Waals surface area contributed by atoms with Crippen molar-refractivity contribution in [3.8, 4) is 0 Å². The summed E-state index contributed by atoms with van der Waals surface area (Å²) in [6.07, 6.45) is 3.44. The van der Waals surface area contributed by atoms with Crippen LogP contribution in [-0.2, 0) is 10.8 Å². The summed E-state index contributed by atoms with van der Waals surface area (Å²) in [5.74, 6) is 1.48. The average Bonchev–Trinajstić information content (AvgIpc) is 1.97. The van der Waals surface area contributed by atoms with Crippen molar-refractivity contribution in [2.24, 2.45) is 0 Å². The molecule has 0 spiro atoms. The van der Waals surface area contributed by atoms with Gasteiger partial charge < -0.3 is 0 Å². The van der Waals surface area contributed by atoms with Crippen molar-refractivity contribution in [3.05, 3.63) is 10.6 Å². The molecule has 0 aliphatic heterocycles. The van der Waals surface area contributed by atoms with Crippen LogP contribution in [0.3, 0.4) is 0 Å². The second-order valence-corrected chi connectivity index (χ2v) is 4.94. The lowest BCUT2D eigenvalue weighted by atomic mass is 10.3. The van der Waals surface area contributed by atoms with E-state index in [1.165, 1.54) is 0 Å². The highest BCUT2D eigenvalue weighted by Crippen LogP contribution is 2.08. The minimum Gasteiger partial charge on any atom is -0.260 e. The van der Waals surface area contributed by atoms with Gasteiger partial charge in [0.1, 0.15) is 4.49 Å². The van der Waals surface area contributed by atoms with Crippen molar-refractivity contribution in [1.82, 2.24) is 0 Å². The van der Waals surface area contributed by atoms with Crippen LogP contribution >= 0.6 is 23.2 Å². The number of hydrogen-bond acceptors (Lipinski definition) is 1. The fourth-order valence-corrected chi connectivity index (χ4v) is 1.60. The largest absolute Gasteiger partial charge is 0.260 e. The minimum atomic E-state index is -0.657. The second kappa shape index (κ2) is 7.14. The number of rotatable bonds is 5. The van der Waals surface area contributed by atoms with Crippen molar-refractivity contribution in [2.45, 2.75) is 19.8 Å². The van der Waals surface area contributed by atoms with Gasteiger partial charge >= 0.3 is 0 Å². The molecular weight excluding hydrogens is 203 g/mol. The highest BCUT2D eigenvalue weighted by molar-refractivity contribution is 7.84. The molecular formula is C7H12Cl2OS. The molecule has 0 aromatic carbocycles. The van der Waals surface area contributed by atoms with Gasteiger partial charge in [-0.05, 0) is 12.8 Å². The zero-order valence-corrected chi connectivity index (χ0v) is 8.81. The number of hydrogen-bond donors (Lipinski definition) is 0. The first-order chi connectivity index (χ1) is 5.16. The Morgan fingerprint density at radius 1 is 1.55 bits per heavy atom. The summed E-state index contributed by atoms with van der Waals surface area (Å²) in [7, 11) is -0.657. The minimum absolute atomic E-state index is 0.298. The van der Waals surface area contributed by atoms with Crippen LogP contribution in [0.4, 0.5) is 0 Å². The number of halogens is 2. The molecule has 66 valence electrons. The monoisotopic (exact) mass is 214 g/mol. The first-order valence-electron chi connectivity index (χ1n) is 3.53. The zero-order chi connectivity index (χ0) is 8.69. The highest BCUT2D eigenvalue weighted by Gasteiger charge is 1.93. The van der Waals surface area contributed by atoms with E-state index in [-0.39, 0.29) is 0 Å². The maximum atomic E-state index is 10.9. The first-order valence-corrected chi connectivity index (χ1v) is 5.77. The van der Waals surface area contributed by atoms with E-state index < -0.39 is 10.8 Å². The van der Waals surface area contributed by atoms with E-state index in [0.717, 1.165) is 24.3 Å². The van der Waals surface area contributed by atoms with Crippen molar-refractivity contribution >= 4 is 34.0 Å². The molecule has 0 saturated carbocycles. The zero-order valence-electron chi connectivity index (χ0n) is 6.48. The van der Waals surface area contributed by atoms with E-state index in [9.17, 15) is 4.21 Å². The van der Waals surface area contributed by atoms with Crippen molar-refractivity contribution < 1.29 is 4.21 Å². The fraction of sp³-hybridized carbons (Fsp3) is 0.714. The molecule has 0 aromatic heterocycles. The normalized spacial score (nSPS) is 12.6. The van der Waals surface area contributed by atoms with Gasteiger partial charge in [0.05, 0.1) is 0 Å². The van der Waals surface area contributed by atoms with Gasteiger partial charge in [0.15, 0.2) is 0 Å². The molecule has 0 N–H and O–H groups in total. The van der Waals surface area contributed by atoms with Crippen LogP contribution in [-0.4, -0.2) is 15.7 Å². The third-order valence-corrected chi connectivity index (χ3v) is 2.89. The van der Waals surface area contributed by atoms with Crippen LogP contribution in [0.1, 0.15) is 19.8 Å². The van der Waals surface area contributed by atoms with Gasteiger partial charge in [-0.2, -0.15) is 0 Å². The van der Waals surface area contributed by atoms with Gasteiger partial charge in [-0.15, -0.1) is 0 Å². The van der Waals surface area contributed by atoms with Gasteiger partial charge in [-0.25, -0.2) is 0 Å². The topological polar surface area (TPSA) is 17.1 Å². The van der Waals surface area contributed by atoms with Gasteiger partial charge in [0, 0.05) is 22.3 Å². The molecule has 0 amide bonds. The molecule has 0 radical (unpaired) electrons. The second-order valence-electron chi connectivity index (χ2n) is 2.07. The van der Waals surface area contributed by atoms with Crippen LogP contribution < -0.4 is 0 Å². The Balaban J connectivity index is 3.28. The Morgan fingerprint density at radius 2 is 2.18 bits per heavy atom. The van der Waals surface area contributed by atoms with Crippen LogP contribution in [0.25, 0.3) is 0 Å². The van der Waals surface area contributed by atoms with Crippen LogP contribution in [0.15, 0.2) is 10.6 Å². The third kappa shape index (κ3) is 8.38. The quantitative estimate of drug-likeness (QED) is 0.644. The van der Waals surface area contributed by atoms with Crippen LogP contribution in [0, 0.1) is 0 Å². The predicted octanol–water partition coefficient (Wildman–Crippen LogP) is 2.85. The first kappa shape index (κ1) is 11.5. The molecule has 1 nitrogen and oxygen atoms in total. The van der Waals surface area contributed by atoms with Crippen LogP contribution in [0.2, 0.25) is 0 Å². The summed E-state index contributed by atoms with van der Waals surface area (Å²) in [6.45, 7) is 1.92. The Labute approximate surface area is 80.2 Å². The summed E-state index contributed by atoms with van der Waals surface area (Å²) >= 11 is 10.8. The molecule has 0 fully saturated rings. The Bertz CT molecular complexity index is 153. The standard InChI is InChI=1S/C7H12Cl2OS/c1-2-11(10)6-4-3-5-7(8)9/h5H,2-4,6H2,1H3. The van der Waals surface area contributed by atoms with Crippen LogP contribution in [0.5, 0.6) is 0 Å². The average molecular weight is 215 g/mol. The Morgan fingerprint density at radius 3 is 2.64 bits per heavy atom. The molecule has 0 aromatic rings. The molecule has 0 aliphatic rings. The van der Waals surface area contributed by atoms with Crippen molar-refractivity contribution in [2.75, 3.05) is 11.5 Å². The summed E-state index contributed by atoms with van der Waals surface area (Å²) in [4.78, 5) is 0. The van der Waals surface area contributed by atoms with Crippen molar-refractivity contribution in [1.29, 1.82) is 0 Å². The molecule has 1 atom stereocenters. The molecule has 0 saturated heterocycles. The van der Waals surface area contributed by atoms with E-state index in [2.05, 4.69) is 0 Å². The predicted molar refractivity (Wildman–Crippen MR) is 52.6 cm³/mol. The molecule has 1 unspecified atom stereocenters. The lowest BCUT2D eigenvalue weighted by molar-refractivity contribution is 0.681.